The average molecular weight is 426 g/mol. The molecular formula is C21H19N3O3S2. The van der Waals surface area contributed by atoms with Gasteiger partial charge in [-0.05, 0) is 46.7 Å². The predicted molar refractivity (Wildman–Crippen MR) is 115 cm³/mol. The van der Waals surface area contributed by atoms with Crippen molar-refractivity contribution in [2.24, 2.45) is 0 Å². The maximum absolute atomic E-state index is 13.0. The van der Waals surface area contributed by atoms with Gasteiger partial charge in [0.15, 0.2) is 5.16 Å². The maximum atomic E-state index is 13.0. The highest BCUT2D eigenvalue weighted by molar-refractivity contribution is 7.99. The smallest absolute Gasteiger partial charge is 0.262 e. The third kappa shape index (κ3) is 4.44. The standard InChI is InChI=1S/C21H19N3O3S2/c1-23(11-15-8-10-28-13-15)19(25)14-29-21-22-18-7-3-2-6-17(18)20(26)24(21)12-16-5-4-9-27-16/h2-10,13H,11-12,14H2,1H3. The van der Waals surface area contributed by atoms with Gasteiger partial charge in [0.25, 0.3) is 5.56 Å². The van der Waals surface area contributed by atoms with Crippen molar-refractivity contribution in [3.8, 4) is 0 Å². The second kappa shape index (κ2) is 8.67. The van der Waals surface area contributed by atoms with Crippen LogP contribution in [0.15, 0.2) is 73.9 Å². The molecule has 0 radical (unpaired) electrons. The molecule has 0 aliphatic carbocycles. The van der Waals surface area contributed by atoms with E-state index in [1.165, 1.54) is 11.8 Å². The van der Waals surface area contributed by atoms with Gasteiger partial charge < -0.3 is 9.32 Å². The largest absolute Gasteiger partial charge is 0.467 e. The molecule has 148 valence electrons. The number of amides is 1. The summed E-state index contributed by atoms with van der Waals surface area (Å²) in [4.78, 5) is 32.0. The summed E-state index contributed by atoms with van der Waals surface area (Å²) in [5.74, 6) is 0.837. The summed E-state index contributed by atoms with van der Waals surface area (Å²) in [6.45, 7) is 0.832. The van der Waals surface area contributed by atoms with Gasteiger partial charge in [0, 0.05) is 13.6 Å². The van der Waals surface area contributed by atoms with Gasteiger partial charge in [-0.15, -0.1) is 0 Å². The van der Waals surface area contributed by atoms with E-state index in [2.05, 4.69) is 4.98 Å². The minimum absolute atomic E-state index is 0.0202. The Morgan fingerprint density at radius 3 is 2.86 bits per heavy atom. The summed E-state index contributed by atoms with van der Waals surface area (Å²) in [6.07, 6.45) is 1.57. The van der Waals surface area contributed by atoms with Crippen LogP contribution in [0.25, 0.3) is 10.9 Å². The number of carbonyl (C=O) groups excluding carboxylic acids is 1. The first kappa shape index (κ1) is 19.5. The molecule has 0 saturated heterocycles. The average Bonchev–Trinajstić information content (AvgIpc) is 3.43. The second-order valence-electron chi connectivity index (χ2n) is 6.55. The van der Waals surface area contributed by atoms with Gasteiger partial charge >= 0.3 is 0 Å². The fourth-order valence-electron chi connectivity index (χ4n) is 2.94. The number of thiophene rings is 1. The van der Waals surface area contributed by atoms with Crippen molar-refractivity contribution < 1.29 is 9.21 Å². The van der Waals surface area contributed by atoms with Crippen LogP contribution < -0.4 is 5.56 Å². The van der Waals surface area contributed by atoms with Crippen molar-refractivity contribution in [3.05, 3.63) is 81.2 Å². The summed E-state index contributed by atoms with van der Waals surface area (Å²) in [5.41, 5.74) is 1.58. The summed E-state index contributed by atoms with van der Waals surface area (Å²) in [6, 6.07) is 12.8. The van der Waals surface area contributed by atoms with Crippen LogP contribution in [0.5, 0.6) is 0 Å². The highest BCUT2D eigenvalue weighted by Crippen LogP contribution is 2.20. The van der Waals surface area contributed by atoms with E-state index in [9.17, 15) is 9.59 Å². The third-order valence-corrected chi connectivity index (χ3v) is 6.16. The Bertz CT molecular complexity index is 1170. The molecule has 0 spiro atoms. The molecule has 4 aromatic rings. The number of nitrogens with zero attached hydrogens (tertiary/aromatic N) is 3. The van der Waals surface area contributed by atoms with E-state index >= 15 is 0 Å². The lowest BCUT2D eigenvalue weighted by Crippen LogP contribution is -2.28. The second-order valence-corrected chi connectivity index (χ2v) is 8.27. The number of para-hydroxylation sites is 1. The van der Waals surface area contributed by atoms with Crippen molar-refractivity contribution >= 4 is 39.9 Å². The fourth-order valence-corrected chi connectivity index (χ4v) is 4.54. The van der Waals surface area contributed by atoms with Gasteiger partial charge in [-0.2, -0.15) is 11.3 Å². The van der Waals surface area contributed by atoms with Gasteiger partial charge in [-0.1, -0.05) is 23.9 Å². The SMILES string of the molecule is CN(Cc1ccsc1)C(=O)CSc1nc2ccccc2c(=O)n1Cc1ccco1. The molecule has 6 nitrogen and oxygen atoms in total. The molecule has 4 rings (SSSR count). The first-order valence-corrected chi connectivity index (χ1v) is 10.9. The number of thioether (sulfide) groups is 1. The number of benzene rings is 1. The number of carbonyl (C=O) groups is 1. The molecule has 1 aromatic carbocycles. The van der Waals surface area contributed by atoms with Crippen LogP contribution in [0.2, 0.25) is 0 Å². The number of hydrogen-bond donors (Lipinski definition) is 0. The van der Waals surface area contributed by atoms with Gasteiger partial charge in [0.2, 0.25) is 5.91 Å². The summed E-state index contributed by atoms with van der Waals surface area (Å²) in [5, 5.41) is 5.07. The zero-order valence-corrected chi connectivity index (χ0v) is 17.4. The Balaban J connectivity index is 1.58. The van der Waals surface area contributed by atoms with E-state index < -0.39 is 0 Å². The predicted octanol–water partition coefficient (Wildman–Crippen LogP) is 3.85. The van der Waals surface area contributed by atoms with Crippen LogP contribution in [0, 0.1) is 0 Å². The molecule has 0 aliphatic rings. The van der Waals surface area contributed by atoms with Crippen molar-refractivity contribution in [2.45, 2.75) is 18.2 Å². The summed E-state index contributed by atoms with van der Waals surface area (Å²) < 4.78 is 6.98. The van der Waals surface area contributed by atoms with Gasteiger partial charge in [0.05, 0.1) is 29.5 Å². The van der Waals surface area contributed by atoms with Crippen LogP contribution in [0.1, 0.15) is 11.3 Å². The Labute approximate surface area is 175 Å². The number of furan rings is 1. The van der Waals surface area contributed by atoms with E-state index in [1.807, 2.05) is 41.1 Å². The van der Waals surface area contributed by atoms with E-state index in [4.69, 9.17) is 4.42 Å². The molecule has 0 atom stereocenters. The minimum Gasteiger partial charge on any atom is -0.467 e. The first-order valence-electron chi connectivity index (χ1n) is 9.01. The molecule has 0 N–H and O–H groups in total. The van der Waals surface area contributed by atoms with Gasteiger partial charge in [-0.25, -0.2) is 4.98 Å². The monoisotopic (exact) mass is 425 g/mol. The number of aromatic nitrogens is 2. The lowest BCUT2D eigenvalue weighted by atomic mass is 10.2. The normalized spacial score (nSPS) is 11.1. The zero-order chi connectivity index (χ0) is 20.2. The maximum Gasteiger partial charge on any atom is 0.262 e. The molecule has 29 heavy (non-hydrogen) atoms. The first-order chi connectivity index (χ1) is 14.1. The van der Waals surface area contributed by atoms with Crippen molar-refractivity contribution in [1.82, 2.24) is 14.5 Å². The van der Waals surface area contributed by atoms with E-state index in [0.717, 1.165) is 5.56 Å². The zero-order valence-electron chi connectivity index (χ0n) is 15.8. The van der Waals surface area contributed by atoms with Crippen molar-refractivity contribution in [2.75, 3.05) is 12.8 Å². The molecule has 3 heterocycles. The van der Waals surface area contributed by atoms with E-state index in [1.54, 1.807) is 46.2 Å². The Morgan fingerprint density at radius 2 is 2.10 bits per heavy atom. The highest BCUT2D eigenvalue weighted by atomic mass is 32.2. The molecule has 0 bridgehead atoms. The minimum atomic E-state index is -0.145. The highest BCUT2D eigenvalue weighted by Gasteiger charge is 2.16. The molecule has 0 fully saturated rings. The summed E-state index contributed by atoms with van der Waals surface area (Å²) >= 11 is 2.88. The molecule has 1 amide bonds. The Kier molecular flexibility index (Phi) is 5.82. The molecule has 3 aromatic heterocycles. The molecular weight excluding hydrogens is 406 g/mol. The lowest BCUT2D eigenvalue weighted by molar-refractivity contribution is -0.127. The molecule has 0 aliphatic heterocycles. The van der Waals surface area contributed by atoms with E-state index in [0.29, 0.717) is 28.4 Å². The van der Waals surface area contributed by atoms with Crippen LogP contribution in [0.3, 0.4) is 0 Å². The van der Waals surface area contributed by atoms with Crippen LogP contribution in [0.4, 0.5) is 0 Å². The van der Waals surface area contributed by atoms with Crippen molar-refractivity contribution in [3.63, 3.8) is 0 Å². The van der Waals surface area contributed by atoms with Crippen LogP contribution >= 0.6 is 23.1 Å². The molecule has 8 heteroatoms. The quantitative estimate of drug-likeness (QED) is 0.332. The third-order valence-electron chi connectivity index (χ3n) is 4.47. The number of rotatable bonds is 7. The van der Waals surface area contributed by atoms with E-state index in [-0.39, 0.29) is 23.8 Å². The summed E-state index contributed by atoms with van der Waals surface area (Å²) in [7, 11) is 1.78. The Hall–Kier alpha value is -2.84. The number of hydrogen-bond acceptors (Lipinski definition) is 6. The fraction of sp³-hybridized carbons (Fsp3) is 0.190. The molecule has 0 unspecified atom stereocenters. The molecule has 0 saturated carbocycles. The van der Waals surface area contributed by atoms with Crippen LogP contribution in [-0.4, -0.2) is 33.2 Å². The lowest BCUT2D eigenvalue weighted by Gasteiger charge is -2.17. The number of fused-ring (bicyclic) bond motifs is 1. The van der Waals surface area contributed by atoms with Crippen LogP contribution in [-0.2, 0) is 17.9 Å². The topological polar surface area (TPSA) is 68.3 Å². The van der Waals surface area contributed by atoms with Gasteiger partial charge in [0.1, 0.15) is 5.76 Å². The van der Waals surface area contributed by atoms with Gasteiger partial charge in [-0.3, -0.25) is 14.2 Å². The van der Waals surface area contributed by atoms with Crippen molar-refractivity contribution in [1.29, 1.82) is 0 Å². The Morgan fingerprint density at radius 1 is 1.24 bits per heavy atom.